The number of carbonyl (C=O) groups is 3. The van der Waals surface area contributed by atoms with Crippen LogP contribution in [0.25, 0.3) is 0 Å². The summed E-state index contributed by atoms with van der Waals surface area (Å²) < 4.78 is 1.47. The fraction of sp³-hybridized carbons (Fsp3) is 0.412. The molecule has 2 aromatic rings. The van der Waals surface area contributed by atoms with Gasteiger partial charge in [0.05, 0.1) is 0 Å². The van der Waals surface area contributed by atoms with Gasteiger partial charge < -0.3 is 26.7 Å². The Kier molecular flexibility index (Phi) is 7.53. The number of carbonyl (C=O) groups excluding carboxylic acids is 2. The molecule has 0 aromatic carbocycles. The highest BCUT2D eigenvalue weighted by Gasteiger charge is 2.54. The number of nitrogens with two attached hydrogens (primary N) is 2. The lowest BCUT2D eigenvalue weighted by Crippen LogP contribution is -2.71. The second kappa shape index (κ2) is 10.6. The number of amides is 2. The Labute approximate surface area is 210 Å². The highest BCUT2D eigenvalue weighted by atomic mass is 32.2. The van der Waals surface area contributed by atoms with Crippen molar-refractivity contribution < 1.29 is 24.3 Å². The number of tetrazole rings is 1. The van der Waals surface area contributed by atoms with Gasteiger partial charge in [0.1, 0.15) is 29.4 Å². The molecule has 0 radical (unpaired) electrons. The van der Waals surface area contributed by atoms with E-state index in [4.69, 9.17) is 16.3 Å². The Morgan fingerprint density at radius 2 is 2.26 bits per heavy atom. The number of carboxylic acids is 1. The summed E-state index contributed by atoms with van der Waals surface area (Å²) in [4.78, 5) is 48.2. The molecule has 1 unspecified atom stereocenters. The maximum atomic E-state index is 13.0. The quantitative estimate of drug-likeness (QED) is 0.0884. The molecule has 2 aliphatic rings. The lowest BCUT2D eigenvalue weighted by atomic mass is 10.0. The number of nitrogens with zero attached hydrogens (tertiary/aromatic N) is 7. The molecular formula is C17H20N10O5S3. The van der Waals surface area contributed by atoms with Gasteiger partial charge in [-0.3, -0.25) is 14.5 Å². The third-order valence-electron chi connectivity index (χ3n) is 4.84. The van der Waals surface area contributed by atoms with E-state index in [0.717, 1.165) is 11.3 Å². The monoisotopic (exact) mass is 540 g/mol. The van der Waals surface area contributed by atoms with Gasteiger partial charge in [-0.15, -0.1) is 28.2 Å². The average Bonchev–Trinajstić information content (AvgIpc) is 3.45. The van der Waals surface area contributed by atoms with Crippen molar-refractivity contribution in [2.75, 3.05) is 30.4 Å². The minimum absolute atomic E-state index is 0.0724. The predicted molar refractivity (Wildman–Crippen MR) is 127 cm³/mol. The molecule has 18 heteroatoms. The van der Waals surface area contributed by atoms with Crippen molar-refractivity contribution in [3.8, 4) is 0 Å². The number of β-lactam (4-membered cyclic amide) rings is 1. The molecule has 2 amide bonds. The van der Waals surface area contributed by atoms with Crippen LogP contribution >= 0.6 is 34.9 Å². The number of fused-ring (bicyclic) bond motifs is 1. The van der Waals surface area contributed by atoms with E-state index in [0.29, 0.717) is 16.5 Å². The van der Waals surface area contributed by atoms with Gasteiger partial charge >= 0.3 is 5.97 Å². The first kappa shape index (κ1) is 24.9. The van der Waals surface area contributed by atoms with Gasteiger partial charge in [-0.2, -0.15) is 0 Å². The summed E-state index contributed by atoms with van der Waals surface area (Å²) in [7, 11) is 1.67. The van der Waals surface area contributed by atoms with E-state index in [2.05, 4.69) is 31.0 Å². The van der Waals surface area contributed by atoms with Crippen molar-refractivity contribution >= 4 is 63.5 Å². The van der Waals surface area contributed by atoms with E-state index in [-0.39, 0.29) is 41.1 Å². The van der Waals surface area contributed by atoms with Crippen LogP contribution in [0.4, 0.5) is 5.13 Å². The van der Waals surface area contributed by atoms with Crippen LogP contribution in [0.3, 0.4) is 0 Å². The van der Waals surface area contributed by atoms with Crippen molar-refractivity contribution in [3.05, 3.63) is 22.3 Å². The highest BCUT2D eigenvalue weighted by molar-refractivity contribution is 8.01. The van der Waals surface area contributed by atoms with Crippen LogP contribution in [-0.4, -0.2) is 94.8 Å². The topological polar surface area (TPSA) is 217 Å². The Morgan fingerprint density at radius 3 is 2.89 bits per heavy atom. The molecule has 4 heterocycles. The molecule has 15 nitrogen and oxygen atoms in total. The molecule has 2 atom stereocenters. The van der Waals surface area contributed by atoms with Crippen LogP contribution in [-0.2, 0) is 26.3 Å². The summed E-state index contributed by atoms with van der Waals surface area (Å²) in [6.45, 7) is 0.257. The van der Waals surface area contributed by atoms with Gasteiger partial charge in [0.15, 0.2) is 10.8 Å². The van der Waals surface area contributed by atoms with Gasteiger partial charge in [0.2, 0.25) is 5.16 Å². The summed E-state index contributed by atoms with van der Waals surface area (Å²) >= 11 is 3.73. The number of nitrogen functional groups attached to an aromatic ring is 1. The molecule has 0 bridgehead atoms. The number of aromatic nitrogens is 5. The summed E-state index contributed by atoms with van der Waals surface area (Å²) in [5, 5.41) is 29.1. The molecule has 6 N–H and O–H groups in total. The zero-order valence-corrected chi connectivity index (χ0v) is 20.6. The molecule has 1 fully saturated rings. The van der Waals surface area contributed by atoms with E-state index < -0.39 is 29.2 Å². The summed E-state index contributed by atoms with van der Waals surface area (Å²) in [6, 6.07) is -0.949. The lowest BCUT2D eigenvalue weighted by molar-refractivity contribution is -0.150. The Hall–Kier alpha value is -3.22. The van der Waals surface area contributed by atoms with Gasteiger partial charge in [0, 0.05) is 30.5 Å². The molecule has 186 valence electrons. The van der Waals surface area contributed by atoms with Crippen molar-refractivity contribution in [1.82, 2.24) is 35.4 Å². The molecule has 0 saturated carbocycles. The second-order valence-electron chi connectivity index (χ2n) is 7.12. The smallest absolute Gasteiger partial charge is 0.352 e. The zero-order valence-electron chi connectivity index (χ0n) is 18.2. The SMILES string of the molecule is Cn1nnnc1SCC1=C(C(=O)O)N2C(=O)C(NC(=O)/C(=N\OCCN)c3csc(N)n3)[C@H]2SC1. The number of aryl methyl sites for hydroxylation is 1. The van der Waals surface area contributed by atoms with Gasteiger partial charge in [0.25, 0.3) is 11.8 Å². The average molecular weight is 541 g/mol. The third-order valence-corrected chi connectivity index (χ3v) is 7.95. The fourth-order valence-corrected chi connectivity index (χ4v) is 6.15. The van der Waals surface area contributed by atoms with Crippen molar-refractivity contribution in [1.29, 1.82) is 0 Å². The third kappa shape index (κ3) is 5.09. The van der Waals surface area contributed by atoms with Crippen molar-refractivity contribution in [2.24, 2.45) is 17.9 Å². The van der Waals surface area contributed by atoms with Crippen LogP contribution in [0.5, 0.6) is 0 Å². The molecule has 2 aromatic heterocycles. The first-order valence-corrected chi connectivity index (χ1v) is 12.9. The Bertz CT molecular complexity index is 1210. The number of hydrogen-bond acceptors (Lipinski definition) is 14. The van der Waals surface area contributed by atoms with Crippen LogP contribution in [0.1, 0.15) is 5.69 Å². The molecule has 0 spiro atoms. The Morgan fingerprint density at radius 1 is 1.46 bits per heavy atom. The van der Waals surface area contributed by atoms with Gasteiger partial charge in [-0.1, -0.05) is 16.9 Å². The maximum Gasteiger partial charge on any atom is 0.352 e. The highest BCUT2D eigenvalue weighted by Crippen LogP contribution is 2.41. The number of anilines is 1. The predicted octanol–water partition coefficient (Wildman–Crippen LogP) is -1.54. The van der Waals surface area contributed by atoms with E-state index in [9.17, 15) is 19.5 Å². The number of hydrogen-bond donors (Lipinski definition) is 4. The van der Waals surface area contributed by atoms with Crippen LogP contribution < -0.4 is 16.8 Å². The molecule has 1 saturated heterocycles. The molecule has 4 rings (SSSR count). The number of aliphatic carboxylic acids is 1. The Balaban J connectivity index is 1.49. The largest absolute Gasteiger partial charge is 0.477 e. The van der Waals surface area contributed by atoms with Gasteiger partial charge in [-0.25, -0.2) is 14.5 Å². The normalized spacial score (nSPS) is 19.9. The summed E-state index contributed by atoms with van der Waals surface area (Å²) in [5.41, 5.74) is 11.5. The van der Waals surface area contributed by atoms with Crippen molar-refractivity contribution in [3.63, 3.8) is 0 Å². The van der Waals surface area contributed by atoms with Crippen molar-refractivity contribution in [2.45, 2.75) is 16.6 Å². The number of thiazole rings is 1. The number of rotatable bonds is 10. The maximum absolute atomic E-state index is 13.0. The number of oxime groups is 1. The van der Waals surface area contributed by atoms with Crippen LogP contribution in [0, 0.1) is 0 Å². The molecule has 0 aliphatic carbocycles. The lowest BCUT2D eigenvalue weighted by Gasteiger charge is -2.49. The minimum atomic E-state index is -1.23. The summed E-state index contributed by atoms with van der Waals surface area (Å²) in [5.74, 6) is -1.84. The zero-order chi connectivity index (χ0) is 25.1. The number of thioether (sulfide) groups is 2. The van der Waals surface area contributed by atoms with E-state index in [1.54, 1.807) is 7.05 Å². The first-order valence-electron chi connectivity index (χ1n) is 9.99. The van der Waals surface area contributed by atoms with Gasteiger partial charge in [-0.05, 0) is 16.0 Å². The van der Waals surface area contributed by atoms with E-state index in [1.807, 2.05) is 0 Å². The first-order chi connectivity index (χ1) is 16.8. The second-order valence-corrected chi connectivity index (χ2v) is 10.1. The van der Waals surface area contributed by atoms with Crippen LogP contribution in [0.2, 0.25) is 0 Å². The fourth-order valence-electron chi connectivity index (χ4n) is 3.26. The standard InChI is InChI=1S/C17H20N10O5S3/c1-26-17(22-24-25-26)35-5-7-4-33-14-10(13(29)27(14)11(7)15(30)31)21-12(28)9(23-32-3-2-18)8-6-34-16(19)20-8/h6,10,14H,2-5,18H2,1H3,(H2,19,20)(H,21,28)(H,30,31)/b23-9-/t10?,14-/m1/s1. The summed E-state index contributed by atoms with van der Waals surface area (Å²) in [6.07, 6.45) is 0. The molecule has 35 heavy (non-hydrogen) atoms. The molecular weight excluding hydrogens is 520 g/mol. The minimum Gasteiger partial charge on any atom is -0.477 e. The number of carboxylic acid groups (broad SMARTS) is 1. The molecule has 2 aliphatic heterocycles. The van der Waals surface area contributed by atoms with E-state index >= 15 is 0 Å². The number of nitrogens with one attached hydrogen (secondary N) is 1. The van der Waals surface area contributed by atoms with E-state index in [1.165, 1.54) is 38.5 Å². The van der Waals surface area contributed by atoms with Crippen LogP contribution in [0.15, 0.2) is 27.0 Å².